The summed E-state index contributed by atoms with van der Waals surface area (Å²) in [6.45, 7) is 1.21. The van der Waals surface area contributed by atoms with Crippen LogP contribution in [0.4, 0.5) is 14.6 Å². The maximum Gasteiger partial charge on any atom is 0.265 e. The molecule has 7 heteroatoms. The summed E-state index contributed by atoms with van der Waals surface area (Å²) in [5, 5.41) is 11.2. The molecule has 1 aromatic heterocycles. The number of hydrogen-bond donors (Lipinski definition) is 3. The molecule has 84 valence electrons. The molecule has 1 rings (SSSR count). The molecule has 0 aliphatic carbocycles. The molecule has 0 spiro atoms. The molecule has 1 atom stereocenters. The molecule has 0 aromatic carbocycles. The second-order valence-electron chi connectivity index (χ2n) is 3.00. The lowest BCUT2D eigenvalue weighted by Gasteiger charge is -2.10. The molecule has 0 amide bonds. The predicted octanol–water partition coefficient (Wildman–Crippen LogP) is 0.116. The third-order valence-electron chi connectivity index (χ3n) is 1.64. The van der Waals surface area contributed by atoms with Gasteiger partial charge in [-0.2, -0.15) is 0 Å². The first-order valence-electron chi connectivity index (χ1n) is 4.27. The van der Waals surface area contributed by atoms with Crippen molar-refractivity contribution >= 4 is 5.82 Å². The number of aliphatic hydroxyl groups excluding tert-OH is 1. The number of H-pyrrole nitrogens is 1. The van der Waals surface area contributed by atoms with Crippen LogP contribution in [0.5, 0.6) is 0 Å². The van der Waals surface area contributed by atoms with Crippen LogP contribution in [0.2, 0.25) is 0 Å². The second kappa shape index (κ2) is 4.83. The Labute approximate surface area is 84.2 Å². The first kappa shape index (κ1) is 11.6. The van der Waals surface area contributed by atoms with Crippen LogP contribution >= 0.6 is 0 Å². The fraction of sp³-hybridized carbons (Fsp3) is 0.500. The van der Waals surface area contributed by atoms with E-state index >= 15 is 0 Å². The molecule has 0 fully saturated rings. The van der Waals surface area contributed by atoms with Crippen LogP contribution in [0, 0.1) is 6.92 Å². The highest BCUT2D eigenvalue weighted by Gasteiger charge is 2.16. The van der Waals surface area contributed by atoms with E-state index in [2.05, 4.69) is 15.3 Å². The Morgan fingerprint density at radius 3 is 2.87 bits per heavy atom. The summed E-state index contributed by atoms with van der Waals surface area (Å²) < 4.78 is 23.8. The van der Waals surface area contributed by atoms with Gasteiger partial charge in [-0.1, -0.05) is 0 Å². The topological polar surface area (TPSA) is 78.0 Å². The van der Waals surface area contributed by atoms with Crippen molar-refractivity contribution in [2.24, 2.45) is 0 Å². The van der Waals surface area contributed by atoms with Gasteiger partial charge in [0.2, 0.25) is 0 Å². The van der Waals surface area contributed by atoms with Gasteiger partial charge in [-0.15, -0.1) is 0 Å². The van der Waals surface area contributed by atoms with Gasteiger partial charge in [0.05, 0.1) is 0 Å². The summed E-state index contributed by atoms with van der Waals surface area (Å²) in [5.41, 5.74) is -0.378. The van der Waals surface area contributed by atoms with Gasteiger partial charge >= 0.3 is 0 Å². The molecule has 0 saturated carbocycles. The van der Waals surface area contributed by atoms with E-state index in [9.17, 15) is 13.6 Å². The minimum absolute atomic E-state index is 0.163. The molecule has 3 N–H and O–H groups in total. The van der Waals surface area contributed by atoms with E-state index < -0.39 is 12.5 Å². The van der Waals surface area contributed by atoms with Crippen LogP contribution in [0.15, 0.2) is 10.9 Å². The van der Waals surface area contributed by atoms with Crippen molar-refractivity contribution in [2.75, 3.05) is 11.9 Å². The zero-order valence-corrected chi connectivity index (χ0v) is 8.00. The average Bonchev–Trinajstić information content (AvgIpc) is 2.12. The largest absolute Gasteiger partial charge is 0.385 e. The van der Waals surface area contributed by atoms with Gasteiger partial charge in [0, 0.05) is 12.6 Å². The zero-order valence-electron chi connectivity index (χ0n) is 8.00. The van der Waals surface area contributed by atoms with E-state index in [0.717, 1.165) is 6.07 Å². The number of hydrogen-bond acceptors (Lipinski definition) is 4. The van der Waals surface area contributed by atoms with Gasteiger partial charge in [-0.3, -0.25) is 4.79 Å². The van der Waals surface area contributed by atoms with Gasteiger partial charge < -0.3 is 15.4 Å². The summed E-state index contributed by atoms with van der Waals surface area (Å²) >= 11 is 0. The fourth-order valence-corrected chi connectivity index (χ4v) is 0.968. The Balaban J connectivity index is 2.61. The maximum atomic E-state index is 11.9. The first-order chi connectivity index (χ1) is 6.99. The number of anilines is 1. The lowest BCUT2D eigenvalue weighted by Crippen LogP contribution is -2.27. The third kappa shape index (κ3) is 3.62. The molecule has 5 nitrogen and oxygen atoms in total. The SMILES string of the molecule is Cc1nc(NCC(O)C(F)F)cc(=O)[nH]1. The smallest absolute Gasteiger partial charge is 0.265 e. The Hall–Kier alpha value is -1.50. The van der Waals surface area contributed by atoms with Crippen LogP contribution in [0.3, 0.4) is 0 Å². The fourth-order valence-electron chi connectivity index (χ4n) is 0.968. The first-order valence-corrected chi connectivity index (χ1v) is 4.27. The van der Waals surface area contributed by atoms with Crippen LogP contribution in [0.1, 0.15) is 5.82 Å². The Kier molecular flexibility index (Phi) is 3.73. The van der Waals surface area contributed by atoms with Crippen LogP contribution in [-0.4, -0.2) is 34.1 Å². The third-order valence-corrected chi connectivity index (χ3v) is 1.64. The van der Waals surface area contributed by atoms with Crippen molar-refractivity contribution in [2.45, 2.75) is 19.5 Å². The minimum atomic E-state index is -2.82. The highest BCUT2D eigenvalue weighted by atomic mass is 19.3. The van der Waals surface area contributed by atoms with Crippen molar-refractivity contribution in [3.63, 3.8) is 0 Å². The molecule has 0 bridgehead atoms. The number of aromatic nitrogens is 2. The molecule has 0 aliphatic heterocycles. The molecule has 1 aromatic rings. The number of halogens is 2. The Morgan fingerprint density at radius 2 is 2.33 bits per heavy atom. The van der Waals surface area contributed by atoms with Crippen molar-refractivity contribution in [1.82, 2.24) is 9.97 Å². The number of nitrogens with zero attached hydrogens (tertiary/aromatic N) is 1. The Bertz CT molecular complexity index is 380. The van der Waals surface area contributed by atoms with Crippen molar-refractivity contribution in [3.05, 3.63) is 22.2 Å². The number of nitrogens with one attached hydrogen (secondary N) is 2. The zero-order chi connectivity index (χ0) is 11.4. The monoisotopic (exact) mass is 219 g/mol. The maximum absolute atomic E-state index is 11.9. The summed E-state index contributed by atoms with van der Waals surface area (Å²) in [7, 11) is 0. The van der Waals surface area contributed by atoms with Crippen molar-refractivity contribution in [3.8, 4) is 0 Å². The van der Waals surface area contributed by atoms with Crippen LogP contribution < -0.4 is 10.9 Å². The molecule has 0 radical (unpaired) electrons. The molecule has 1 heterocycles. The van der Waals surface area contributed by atoms with Gasteiger partial charge in [-0.05, 0) is 6.92 Å². The normalized spacial score (nSPS) is 12.9. The highest BCUT2D eigenvalue weighted by Crippen LogP contribution is 2.03. The number of rotatable bonds is 4. The van der Waals surface area contributed by atoms with Gasteiger partial charge in [0.25, 0.3) is 12.0 Å². The van der Waals surface area contributed by atoms with Gasteiger partial charge in [0.15, 0.2) is 0 Å². The minimum Gasteiger partial charge on any atom is -0.385 e. The molecule has 0 saturated heterocycles. The molecular weight excluding hydrogens is 208 g/mol. The van der Waals surface area contributed by atoms with Crippen LogP contribution in [-0.2, 0) is 0 Å². The van der Waals surface area contributed by atoms with E-state index in [1.54, 1.807) is 6.92 Å². The summed E-state index contributed by atoms with van der Waals surface area (Å²) in [6, 6.07) is 1.13. The van der Waals surface area contributed by atoms with Crippen molar-refractivity contribution < 1.29 is 13.9 Å². The number of alkyl halides is 2. The standard InChI is InChI=1S/C8H11F2N3O2/c1-4-12-6(2-7(15)13-4)11-3-5(14)8(9)10/h2,5,8,14H,3H2,1H3,(H2,11,12,13,15). The lowest BCUT2D eigenvalue weighted by atomic mass is 10.3. The summed E-state index contributed by atoms with van der Waals surface area (Å²) in [4.78, 5) is 17.2. The highest BCUT2D eigenvalue weighted by molar-refractivity contribution is 5.32. The van der Waals surface area contributed by atoms with Crippen LogP contribution in [0.25, 0.3) is 0 Å². The van der Waals surface area contributed by atoms with E-state index in [4.69, 9.17) is 5.11 Å². The van der Waals surface area contributed by atoms with Gasteiger partial charge in [0.1, 0.15) is 17.7 Å². The molecule has 0 aliphatic rings. The van der Waals surface area contributed by atoms with E-state index in [-0.39, 0.29) is 17.9 Å². The van der Waals surface area contributed by atoms with E-state index in [1.165, 1.54) is 0 Å². The van der Waals surface area contributed by atoms with Gasteiger partial charge in [-0.25, -0.2) is 13.8 Å². The van der Waals surface area contributed by atoms with Crippen molar-refractivity contribution in [1.29, 1.82) is 0 Å². The number of aryl methyl sites for hydroxylation is 1. The lowest BCUT2D eigenvalue weighted by molar-refractivity contribution is 0.00380. The van der Waals surface area contributed by atoms with E-state index in [0.29, 0.717) is 5.82 Å². The predicted molar refractivity (Wildman–Crippen MR) is 50.1 cm³/mol. The van der Waals surface area contributed by atoms with E-state index in [1.807, 2.05) is 0 Å². The summed E-state index contributed by atoms with van der Waals surface area (Å²) in [6.07, 6.45) is -4.59. The number of aromatic amines is 1. The molecule has 1 unspecified atom stereocenters. The Morgan fingerprint density at radius 1 is 1.67 bits per heavy atom. The summed E-state index contributed by atoms with van der Waals surface area (Å²) in [5.74, 6) is 0.535. The molecule has 15 heavy (non-hydrogen) atoms. The number of aliphatic hydroxyl groups is 1. The average molecular weight is 219 g/mol. The quantitative estimate of drug-likeness (QED) is 0.672. The second-order valence-corrected chi connectivity index (χ2v) is 3.00. The molecular formula is C8H11F2N3O2.